The topological polar surface area (TPSA) is 96.2 Å². The SMILES string of the molecule is NC1CCN(C(=O)[C@@H]2CN([C@H](c3ccc(C(F)(F)F)cc3)C3CCCC3)CCN2S(=O)(=O)c2ccc(OCC3CCCCC3)cc2)CC1. The van der Waals surface area contributed by atoms with Crippen molar-refractivity contribution < 1.29 is 31.1 Å². The molecule has 6 rings (SSSR count). The molecule has 4 aliphatic rings. The van der Waals surface area contributed by atoms with Crippen LogP contribution in [0.3, 0.4) is 0 Å². The Bertz CT molecular complexity index is 1470. The number of halogens is 3. The van der Waals surface area contributed by atoms with Gasteiger partial charge < -0.3 is 15.4 Å². The zero-order chi connectivity index (χ0) is 33.9. The van der Waals surface area contributed by atoms with E-state index in [-0.39, 0.29) is 41.9 Å². The van der Waals surface area contributed by atoms with Crippen molar-refractivity contribution in [2.45, 2.75) is 99.8 Å². The van der Waals surface area contributed by atoms with Crippen LogP contribution in [0, 0.1) is 11.8 Å². The lowest BCUT2D eigenvalue weighted by Crippen LogP contribution is -2.62. The maximum Gasteiger partial charge on any atom is 0.416 e. The number of piperidine rings is 1. The molecule has 8 nitrogen and oxygen atoms in total. The summed E-state index contributed by atoms with van der Waals surface area (Å²) in [5, 5.41) is 0. The lowest BCUT2D eigenvalue weighted by atomic mass is 9.88. The summed E-state index contributed by atoms with van der Waals surface area (Å²) < 4.78 is 76.1. The highest BCUT2D eigenvalue weighted by molar-refractivity contribution is 7.89. The minimum Gasteiger partial charge on any atom is -0.493 e. The third-order valence-electron chi connectivity index (χ3n) is 11.0. The van der Waals surface area contributed by atoms with Crippen molar-refractivity contribution in [1.29, 1.82) is 0 Å². The molecule has 2 N–H and O–H groups in total. The van der Waals surface area contributed by atoms with Crippen molar-refractivity contribution in [2.75, 3.05) is 39.3 Å². The third kappa shape index (κ3) is 8.03. The number of likely N-dealkylation sites (tertiary alicyclic amines) is 1. The fourth-order valence-electron chi connectivity index (χ4n) is 8.19. The highest BCUT2D eigenvalue weighted by Gasteiger charge is 2.45. The molecule has 2 saturated carbocycles. The van der Waals surface area contributed by atoms with Crippen LogP contribution in [0.5, 0.6) is 5.75 Å². The normalized spacial score (nSPS) is 23.8. The first-order valence-electron chi connectivity index (χ1n) is 17.7. The average molecular weight is 691 g/mol. The quantitative estimate of drug-likeness (QED) is 0.336. The first-order chi connectivity index (χ1) is 23.0. The standard InChI is InChI=1S/C36H49F3N4O4S/c37-36(38,39)29-12-10-28(11-13-29)34(27-8-4-5-9-27)42-22-23-43(33(24-42)35(44)41-20-18-30(40)19-21-41)48(45,46)32-16-14-31(15-17-32)47-25-26-6-2-1-3-7-26/h10-17,26-27,30,33-34H,1-9,18-25,40H2/t33-,34-/m0/s1. The largest absolute Gasteiger partial charge is 0.493 e. The monoisotopic (exact) mass is 690 g/mol. The van der Waals surface area contributed by atoms with Gasteiger partial charge in [0.1, 0.15) is 11.8 Å². The maximum atomic E-state index is 14.3. The van der Waals surface area contributed by atoms with E-state index in [1.54, 1.807) is 41.3 Å². The first-order valence-corrected chi connectivity index (χ1v) is 19.1. The van der Waals surface area contributed by atoms with Crippen LogP contribution in [0.25, 0.3) is 0 Å². The number of sulfonamides is 1. The Kier molecular flexibility index (Phi) is 11.0. The Morgan fingerprint density at radius 2 is 1.46 bits per heavy atom. The van der Waals surface area contributed by atoms with Crippen LogP contribution in [0.2, 0.25) is 0 Å². The smallest absolute Gasteiger partial charge is 0.416 e. The van der Waals surface area contributed by atoms with Gasteiger partial charge in [0.15, 0.2) is 0 Å². The Balaban J connectivity index is 1.25. The second kappa shape index (κ2) is 15.1. The second-order valence-corrected chi connectivity index (χ2v) is 16.1. The first kappa shape index (κ1) is 35.2. The number of amides is 1. The van der Waals surface area contributed by atoms with E-state index in [0.29, 0.717) is 50.8 Å². The summed E-state index contributed by atoms with van der Waals surface area (Å²) >= 11 is 0. The zero-order valence-electron chi connectivity index (χ0n) is 27.6. The van der Waals surface area contributed by atoms with E-state index < -0.39 is 27.8 Å². The number of benzene rings is 2. The number of ether oxygens (including phenoxy) is 1. The van der Waals surface area contributed by atoms with Gasteiger partial charge in [0.05, 0.1) is 17.1 Å². The molecule has 1 amide bonds. The average Bonchev–Trinajstić information content (AvgIpc) is 3.62. The van der Waals surface area contributed by atoms with Gasteiger partial charge in [0.2, 0.25) is 15.9 Å². The molecule has 2 atom stereocenters. The van der Waals surface area contributed by atoms with Gasteiger partial charge in [-0.25, -0.2) is 8.42 Å². The van der Waals surface area contributed by atoms with E-state index >= 15 is 0 Å². The second-order valence-electron chi connectivity index (χ2n) is 14.2. The number of hydrogen-bond donors (Lipinski definition) is 1. The third-order valence-corrected chi connectivity index (χ3v) is 12.9. The molecule has 2 heterocycles. The van der Waals surface area contributed by atoms with E-state index in [9.17, 15) is 26.4 Å². The van der Waals surface area contributed by atoms with Crippen LogP contribution in [0.1, 0.15) is 87.8 Å². The molecular weight excluding hydrogens is 641 g/mol. The van der Waals surface area contributed by atoms with Gasteiger partial charge in [0, 0.05) is 44.8 Å². The van der Waals surface area contributed by atoms with Gasteiger partial charge in [-0.3, -0.25) is 9.69 Å². The van der Waals surface area contributed by atoms with E-state index in [2.05, 4.69) is 4.90 Å². The Hall–Kier alpha value is -2.67. The molecule has 0 radical (unpaired) electrons. The molecule has 2 aromatic carbocycles. The van der Waals surface area contributed by atoms with Crippen molar-refractivity contribution in [1.82, 2.24) is 14.1 Å². The highest BCUT2D eigenvalue weighted by atomic mass is 32.2. The number of carbonyl (C=O) groups excluding carboxylic acids is 1. The van der Waals surface area contributed by atoms with Crippen molar-refractivity contribution in [3.05, 3.63) is 59.7 Å². The number of rotatable bonds is 9. The van der Waals surface area contributed by atoms with Gasteiger partial charge >= 0.3 is 6.18 Å². The molecule has 264 valence electrons. The van der Waals surface area contributed by atoms with Gasteiger partial charge in [-0.1, -0.05) is 44.2 Å². The lowest BCUT2D eigenvalue weighted by Gasteiger charge is -2.46. The van der Waals surface area contributed by atoms with Crippen molar-refractivity contribution >= 4 is 15.9 Å². The maximum absolute atomic E-state index is 14.3. The van der Waals surface area contributed by atoms with Gasteiger partial charge in [0.25, 0.3) is 0 Å². The predicted octanol–water partition coefficient (Wildman–Crippen LogP) is 6.22. The van der Waals surface area contributed by atoms with Gasteiger partial charge in [-0.05, 0) is 92.3 Å². The minimum atomic E-state index is -4.43. The summed E-state index contributed by atoms with van der Waals surface area (Å²) in [6.45, 7) is 2.15. The molecule has 0 unspecified atom stereocenters. The predicted molar refractivity (Wildman–Crippen MR) is 178 cm³/mol. The van der Waals surface area contributed by atoms with Crippen molar-refractivity contribution in [3.63, 3.8) is 0 Å². The number of nitrogens with zero attached hydrogens (tertiary/aromatic N) is 3. The number of hydrogen-bond acceptors (Lipinski definition) is 6. The van der Waals surface area contributed by atoms with E-state index in [4.69, 9.17) is 10.5 Å². The summed E-state index contributed by atoms with van der Waals surface area (Å²) in [7, 11) is -4.06. The van der Waals surface area contributed by atoms with Gasteiger partial charge in [-0.15, -0.1) is 0 Å². The van der Waals surface area contributed by atoms with Crippen molar-refractivity contribution in [2.24, 2.45) is 17.6 Å². The van der Waals surface area contributed by atoms with Crippen molar-refractivity contribution in [3.8, 4) is 5.75 Å². The number of piperazine rings is 1. The molecular formula is C36H49F3N4O4S. The van der Waals surface area contributed by atoms with Crippen LogP contribution >= 0.6 is 0 Å². The van der Waals surface area contributed by atoms with Crippen LogP contribution in [0.4, 0.5) is 13.2 Å². The van der Waals surface area contributed by atoms with E-state index in [1.807, 2.05) is 0 Å². The van der Waals surface area contributed by atoms with Crippen LogP contribution in [-0.4, -0.2) is 79.8 Å². The molecule has 0 bridgehead atoms. The Morgan fingerprint density at radius 3 is 2.08 bits per heavy atom. The Labute approximate surface area is 282 Å². The molecule has 2 aliphatic heterocycles. The lowest BCUT2D eigenvalue weighted by molar-refractivity contribution is -0.139. The van der Waals surface area contributed by atoms with Gasteiger partial charge in [-0.2, -0.15) is 17.5 Å². The summed E-state index contributed by atoms with van der Waals surface area (Å²) in [5.41, 5.74) is 6.19. The molecule has 2 saturated heterocycles. The zero-order valence-corrected chi connectivity index (χ0v) is 28.4. The molecule has 12 heteroatoms. The van der Waals surface area contributed by atoms with Crippen LogP contribution < -0.4 is 10.5 Å². The number of carbonyl (C=O) groups is 1. The Morgan fingerprint density at radius 1 is 0.833 bits per heavy atom. The fourth-order valence-corrected chi connectivity index (χ4v) is 9.76. The van der Waals surface area contributed by atoms with E-state index in [0.717, 1.165) is 56.2 Å². The van der Waals surface area contributed by atoms with Crippen LogP contribution in [0.15, 0.2) is 53.4 Å². The summed E-state index contributed by atoms with van der Waals surface area (Å²) in [6.07, 6.45) is 6.79. The molecule has 0 aromatic heterocycles. The number of alkyl halides is 3. The van der Waals surface area contributed by atoms with Crippen LogP contribution in [-0.2, 0) is 21.0 Å². The molecule has 2 aromatic rings. The summed E-state index contributed by atoms with van der Waals surface area (Å²) in [6, 6.07) is 10.7. The number of nitrogens with two attached hydrogens (primary N) is 1. The molecule has 4 fully saturated rings. The molecule has 0 spiro atoms. The van der Waals surface area contributed by atoms with E-state index in [1.165, 1.54) is 23.6 Å². The molecule has 48 heavy (non-hydrogen) atoms. The summed E-state index contributed by atoms with van der Waals surface area (Å²) in [4.78, 5) is 18.2. The molecule has 2 aliphatic carbocycles. The summed E-state index contributed by atoms with van der Waals surface area (Å²) in [5.74, 6) is 1.10. The minimum absolute atomic E-state index is 0.00186. The fraction of sp³-hybridized carbons (Fsp3) is 0.639. The highest BCUT2D eigenvalue weighted by Crippen LogP contribution is 2.42.